The van der Waals surface area contributed by atoms with Gasteiger partial charge >= 0.3 is 12.1 Å². The summed E-state index contributed by atoms with van der Waals surface area (Å²) in [6.45, 7) is -0.753. The molecule has 0 aromatic carbocycles. The first-order valence-corrected chi connectivity index (χ1v) is 5.41. The molecule has 10 heteroatoms. The molecular formula is C10H13F3N4O3. The van der Waals surface area contributed by atoms with E-state index in [-0.39, 0.29) is 11.4 Å². The Labute approximate surface area is 111 Å². The van der Waals surface area contributed by atoms with Gasteiger partial charge in [0.1, 0.15) is 6.54 Å². The average Bonchev–Trinajstić information content (AvgIpc) is 2.57. The van der Waals surface area contributed by atoms with Crippen molar-refractivity contribution in [1.82, 2.24) is 15.1 Å². The average molecular weight is 294 g/mol. The second-order valence-electron chi connectivity index (χ2n) is 3.94. The molecule has 3 N–H and O–H groups in total. The van der Waals surface area contributed by atoms with Crippen LogP contribution in [0.4, 0.5) is 18.9 Å². The maximum atomic E-state index is 11.8. The summed E-state index contributed by atoms with van der Waals surface area (Å²) in [5, 5.41) is 5.44. The Hall–Kier alpha value is -2.26. The molecule has 1 aromatic heterocycles. The molecule has 0 atom stereocenters. The molecule has 0 bridgehead atoms. The van der Waals surface area contributed by atoms with Gasteiger partial charge in [-0.15, -0.1) is 0 Å². The minimum absolute atomic E-state index is 0.0638. The summed E-state index contributed by atoms with van der Waals surface area (Å²) < 4.78 is 41.3. The molecule has 0 radical (unpaired) electrons. The van der Waals surface area contributed by atoms with Gasteiger partial charge in [0.2, 0.25) is 0 Å². The molecule has 0 saturated heterocycles. The van der Waals surface area contributed by atoms with Crippen molar-refractivity contribution in [2.75, 3.05) is 18.9 Å². The van der Waals surface area contributed by atoms with E-state index in [9.17, 15) is 22.8 Å². The lowest BCUT2D eigenvalue weighted by Crippen LogP contribution is -2.36. The lowest BCUT2D eigenvalue weighted by Gasteiger charge is -2.09. The van der Waals surface area contributed by atoms with Gasteiger partial charge in [0.05, 0.1) is 11.4 Å². The molecule has 0 fully saturated rings. The summed E-state index contributed by atoms with van der Waals surface area (Å²) in [5.74, 6) is -2.00. The van der Waals surface area contributed by atoms with Gasteiger partial charge in [0.15, 0.2) is 12.3 Å². The zero-order valence-corrected chi connectivity index (χ0v) is 10.7. The Bertz CT molecular complexity index is 525. The lowest BCUT2D eigenvalue weighted by atomic mass is 10.3. The number of hydrogen-bond acceptors (Lipinski definition) is 5. The van der Waals surface area contributed by atoms with Gasteiger partial charge in [-0.2, -0.15) is 18.3 Å². The Morgan fingerprint density at radius 2 is 2.05 bits per heavy atom. The highest BCUT2D eigenvalue weighted by Gasteiger charge is 2.28. The molecule has 20 heavy (non-hydrogen) atoms. The second kappa shape index (κ2) is 5.80. The number of esters is 1. The van der Waals surface area contributed by atoms with Crippen molar-refractivity contribution >= 4 is 17.6 Å². The summed E-state index contributed by atoms with van der Waals surface area (Å²) >= 11 is 0. The number of nitrogen functional groups attached to an aromatic ring is 1. The first-order valence-electron chi connectivity index (χ1n) is 5.41. The third-order valence-electron chi connectivity index (χ3n) is 2.28. The minimum atomic E-state index is -4.52. The standard InChI is InChI=1S/C10H13F3N4O3/c1-5-7(14)8(17(2)16-5)9(19)20-3-6(18)15-4-10(11,12)13/h3-4,14H2,1-2H3,(H,15,18). The highest BCUT2D eigenvalue weighted by Crippen LogP contribution is 2.16. The van der Waals surface area contributed by atoms with Gasteiger partial charge in [0.25, 0.3) is 5.91 Å². The van der Waals surface area contributed by atoms with Crippen LogP contribution in [0.3, 0.4) is 0 Å². The molecular weight excluding hydrogens is 281 g/mol. The van der Waals surface area contributed by atoms with Crippen LogP contribution in [0, 0.1) is 6.92 Å². The van der Waals surface area contributed by atoms with Crippen LogP contribution < -0.4 is 11.1 Å². The first kappa shape index (κ1) is 15.8. The largest absolute Gasteiger partial charge is 0.451 e. The van der Waals surface area contributed by atoms with Gasteiger partial charge in [0, 0.05) is 7.05 Å². The second-order valence-corrected chi connectivity index (χ2v) is 3.94. The van der Waals surface area contributed by atoms with Crippen molar-refractivity contribution in [3.8, 4) is 0 Å². The predicted octanol–water partition coefficient (Wildman–Crippen LogP) is 0.146. The maximum absolute atomic E-state index is 11.8. The molecule has 7 nitrogen and oxygen atoms in total. The quantitative estimate of drug-likeness (QED) is 0.770. The molecule has 0 aliphatic heterocycles. The number of hydrogen-bond donors (Lipinski definition) is 2. The number of anilines is 1. The number of carbonyl (C=O) groups is 2. The van der Waals surface area contributed by atoms with E-state index in [1.165, 1.54) is 11.7 Å². The van der Waals surface area contributed by atoms with Gasteiger partial charge in [-0.25, -0.2) is 4.79 Å². The van der Waals surface area contributed by atoms with Crippen molar-refractivity contribution in [1.29, 1.82) is 0 Å². The van der Waals surface area contributed by atoms with Crippen LogP contribution in [0.25, 0.3) is 0 Å². The van der Waals surface area contributed by atoms with Crippen molar-refractivity contribution in [2.45, 2.75) is 13.1 Å². The molecule has 0 aliphatic rings. The summed E-state index contributed by atoms with van der Waals surface area (Å²) in [5.41, 5.74) is 6.02. The van der Waals surface area contributed by atoms with Crippen molar-refractivity contribution in [3.63, 3.8) is 0 Å². The maximum Gasteiger partial charge on any atom is 0.405 e. The smallest absolute Gasteiger partial charge is 0.405 e. The van der Waals surface area contributed by atoms with Gasteiger partial charge < -0.3 is 15.8 Å². The zero-order chi connectivity index (χ0) is 15.5. The van der Waals surface area contributed by atoms with E-state index >= 15 is 0 Å². The van der Waals surface area contributed by atoms with Crippen LogP contribution in [-0.2, 0) is 16.6 Å². The fourth-order valence-corrected chi connectivity index (χ4v) is 1.37. The Morgan fingerprint density at radius 3 is 2.50 bits per heavy atom. The van der Waals surface area contributed by atoms with Crippen LogP contribution >= 0.6 is 0 Å². The monoisotopic (exact) mass is 294 g/mol. The van der Waals surface area contributed by atoms with Gasteiger partial charge in [-0.3, -0.25) is 9.48 Å². The number of amides is 1. The molecule has 0 spiro atoms. The third-order valence-corrected chi connectivity index (χ3v) is 2.28. The van der Waals surface area contributed by atoms with Gasteiger partial charge in [-0.1, -0.05) is 0 Å². The normalized spacial score (nSPS) is 11.2. The number of ether oxygens (including phenoxy) is 1. The number of rotatable bonds is 4. The number of aryl methyl sites for hydroxylation is 2. The van der Waals surface area contributed by atoms with Crippen LogP contribution in [-0.4, -0.2) is 41.0 Å². The van der Waals surface area contributed by atoms with Crippen LogP contribution in [0.2, 0.25) is 0 Å². The minimum Gasteiger partial charge on any atom is -0.451 e. The van der Waals surface area contributed by atoms with E-state index in [2.05, 4.69) is 9.84 Å². The summed E-state index contributed by atoms with van der Waals surface area (Å²) in [4.78, 5) is 22.7. The summed E-state index contributed by atoms with van der Waals surface area (Å²) in [7, 11) is 1.45. The predicted molar refractivity (Wildman–Crippen MR) is 61.7 cm³/mol. The number of nitrogens with one attached hydrogen (secondary N) is 1. The number of nitrogens with zero attached hydrogens (tertiary/aromatic N) is 2. The van der Waals surface area contributed by atoms with Crippen molar-refractivity contribution in [2.24, 2.45) is 7.05 Å². The SMILES string of the molecule is Cc1nn(C)c(C(=O)OCC(=O)NCC(F)(F)F)c1N. The number of nitrogens with two attached hydrogens (primary N) is 1. The molecule has 112 valence electrons. The van der Waals surface area contributed by atoms with E-state index in [1.807, 2.05) is 0 Å². The molecule has 1 aromatic rings. The lowest BCUT2D eigenvalue weighted by molar-refractivity contribution is -0.140. The Morgan fingerprint density at radius 1 is 1.45 bits per heavy atom. The topological polar surface area (TPSA) is 99.2 Å². The summed E-state index contributed by atoms with van der Waals surface area (Å²) in [6, 6.07) is 0. The number of carbonyl (C=O) groups excluding carboxylic acids is 2. The highest BCUT2D eigenvalue weighted by molar-refractivity contribution is 5.95. The fourth-order valence-electron chi connectivity index (χ4n) is 1.37. The van der Waals surface area contributed by atoms with E-state index in [1.54, 1.807) is 12.2 Å². The van der Waals surface area contributed by atoms with E-state index in [0.717, 1.165) is 0 Å². The summed E-state index contributed by atoms with van der Waals surface area (Å²) in [6.07, 6.45) is -4.52. The molecule has 0 saturated carbocycles. The highest BCUT2D eigenvalue weighted by atomic mass is 19.4. The van der Waals surface area contributed by atoms with E-state index < -0.39 is 31.2 Å². The van der Waals surface area contributed by atoms with Crippen molar-refractivity contribution in [3.05, 3.63) is 11.4 Å². The molecule has 1 heterocycles. The zero-order valence-electron chi connectivity index (χ0n) is 10.7. The van der Waals surface area contributed by atoms with Gasteiger partial charge in [-0.05, 0) is 6.92 Å². The number of aromatic nitrogens is 2. The third kappa shape index (κ3) is 4.14. The Kier molecular flexibility index (Phi) is 4.58. The van der Waals surface area contributed by atoms with Crippen LogP contribution in [0.5, 0.6) is 0 Å². The van der Waals surface area contributed by atoms with Crippen molar-refractivity contribution < 1.29 is 27.5 Å². The number of alkyl halides is 3. The Balaban J connectivity index is 2.54. The van der Waals surface area contributed by atoms with Crippen LogP contribution in [0.1, 0.15) is 16.2 Å². The molecule has 0 unspecified atom stereocenters. The molecule has 0 aliphatic carbocycles. The van der Waals surface area contributed by atoms with E-state index in [0.29, 0.717) is 5.69 Å². The first-order chi connectivity index (χ1) is 9.11. The van der Waals surface area contributed by atoms with Crippen LogP contribution in [0.15, 0.2) is 0 Å². The van der Waals surface area contributed by atoms with E-state index in [4.69, 9.17) is 5.73 Å². The number of halogens is 3. The molecule has 1 amide bonds. The fraction of sp³-hybridized carbons (Fsp3) is 0.500. The molecule has 1 rings (SSSR count).